The van der Waals surface area contributed by atoms with Crippen molar-refractivity contribution in [2.45, 2.75) is 38.9 Å². The average Bonchev–Trinajstić information content (AvgIpc) is 2.83. The van der Waals surface area contributed by atoms with Crippen LogP contribution < -0.4 is 11.0 Å². The van der Waals surface area contributed by atoms with Crippen molar-refractivity contribution in [3.63, 3.8) is 0 Å². The first-order chi connectivity index (χ1) is 10.6. The summed E-state index contributed by atoms with van der Waals surface area (Å²) in [7, 11) is 0. The van der Waals surface area contributed by atoms with Gasteiger partial charge in [0.2, 0.25) is 5.91 Å². The summed E-state index contributed by atoms with van der Waals surface area (Å²) in [4.78, 5) is 24.1. The smallest absolute Gasteiger partial charge is 0.346 e. The quantitative estimate of drug-likeness (QED) is 0.924. The fraction of sp³-hybridized carbons (Fsp3) is 0.400. The van der Waals surface area contributed by atoms with E-state index >= 15 is 0 Å². The van der Waals surface area contributed by atoms with Gasteiger partial charge in [-0.25, -0.2) is 9.48 Å². The zero-order valence-corrected chi connectivity index (χ0v) is 12.8. The summed E-state index contributed by atoms with van der Waals surface area (Å²) < 4.78 is 2.90. The van der Waals surface area contributed by atoms with Crippen molar-refractivity contribution in [1.82, 2.24) is 19.7 Å². The molecule has 0 radical (unpaired) electrons. The van der Waals surface area contributed by atoms with Crippen LogP contribution in [0.15, 0.2) is 29.1 Å². The Balaban J connectivity index is 1.64. The van der Waals surface area contributed by atoms with Crippen LogP contribution in [0.5, 0.6) is 0 Å². The van der Waals surface area contributed by atoms with Crippen molar-refractivity contribution in [1.29, 1.82) is 0 Å². The number of halogens is 1. The summed E-state index contributed by atoms with van der Waals surface area (Å²) in [6, 6.07) is 7.32. The van der Waals surface area contributed by atoms with Crippen molar-refractivity contribution < 1.29 is 4.79 Å². The van der Waals surface area contributed by atoms with Gasteiger partial charge in [0.05, 0.1) is 0 Å². The summed E-state index contributed by atoms with van der Waals surface area (Å²) in [6.07, 6.45) is 2.82. The van der Waals surface area contributed by atoms with Gasteiger partial charge in [0, 0.05) is 24.5 Å². The van der Waals surface area contributed by atoms with Gasteiger partial charge in [0.1, 0.15) is 12.4 Å². The SMILES string of the molecule is O=C(Cn1nc2n(c1=O)CCCC2)NCc1ccccc1Cl. The third kappa shape index (κ3) is 3.06. The fourth-order valence-electron chi connectivity index (χ4n) is 2.58. The minimum Gasteiger partial charge on any atom is -0.350 e. The Labute approximate surface area is 132 Å². The molecule has 2 aromatic rings. The van der Waals surface area contributed by atoms with E-state index in [1.54, 1.807) is 10.6 Å². The molecule has 1 aromatic heterocycles. The highest BCUT2D eigenvalue weighted by atomic mass is 35.5. The highest BCUT2D eigenvalue weighted by Gasteiger charge is 2.17. The molecule has 1 amide bonds. The van der Waals surface area contributed by atoms with E-state index < -0.39 is 0 Å². The van der Waals surface area contributed by atoms with E-state index in [9.17, 15) is 9.59 Å². The number of nitrogens with zero attached hydrogens (tertiary/aromatic N) is 3. The molecule has 1 aliphatic rings. The van der Waals surface area contributed by atoms with Crippen LogP contribution in [0.1, 0.15) is 24.2 Å². The number of nitrogens with one attached hydrogen (secondary N) is 1. The van der Waals surface area contributed by atoms with Crippen LogP contribution in [0, 0.1) is 0 Å². The summed E-state index contributed by atoms with van der Waals surface area (Å²) in [6.45, 7) is 0.958. The second-order valence-corrected chi connectivity index (χ2v) is 5.74. The second kappa shape index (κ2) is 6.36. The van der Waals surface area contributed by atoms with Gasteiger partial charge in [-0.2, -0.15) is 5.10 Å². The molecule has 0 saturated carbocycles. The lowest BCUT2D eigenvalue weighted by atomic mass is 10.2. The minimum absolute atomic E-state index is 0.0662. The molecule has 6 nitrogen and oxygen atoms in total. The zero-order valence-electron chi connectivity index (χ0n) is 12.1. The molecule has 0 atom stereocenters. The van der Waals surface area contributed by atoms with Gasteiger partial charge in [-0.15, -0.1) is 0 Å². The van der Waals surface area contributed by atoms with Gasteiger partial charge in [-0.3, -0.25) is 9.36 Å². The van der Waals surface area contributed by atoms with E-state index in [-0.39, 0.29) is 18.1 Å². The monoisotopic (exact) mass is 320 g/mol. The van der Waals surface area contributed by atoms with E-state index in [1.165, 1.54) is 4.68 Å². The van der Waals surface area contributed by atoms with Gasteiger partial charge < -0.3 is 5.32 Å². The fourth-order valence-corrected chi connectivity index (χ4v) is 2.78. The van der Waals surface area contributed by atoms with Gasteiger partial charge in [0.15, 0.2) is 0 Å². The molecule has 1 aliphatic heterocycles. The van der Waals surface area contributed by atoms with Gasteiger partial charge in [-0.1, -0.05) is 29.8 Å². The second-order valence-electron chi connectivity index (χ2n) is 5.33. The highest BCUT2D eigenvalue weighted by Crippen LogP contribution is 2.14. The average molecular weight is 321 g/mol. The van der Waals surface area contributed by atoms with Crippen LogP contribution in [-0.4, -0.2) is 20.3 Å². The molecule has 1 aromatic carbocycles. The molecule has 7 heteroatoms. The Bertz CT molecular complexity index is 750. The number of benzene rings is 1. The Morgan fingerprint density at radius 3 is 2.91 bits per heavy atom. The van der Waals surface area contributed by atoms with Crippen LogP contribution in [0.2, 0.25) is 5.02 Å². The van der Waals surface area contributed by atoms with E-state index in [2.05, 4.69) is 10.4 Å². The lowest BCUT2D eigenvalue weighted by Crippen LogP contribution is -2.33. The third-order valence-corrected chi connectivity index (χ3v) is 4.13. The van der Waals surface area contributed by atoms with Crippen molar-refractivity contribution in [2.24, 2.45) is 0 Å². The largest absolute Gasteiger partial charge is 0.350 e. The van der Waals surface area contributed by atoms with Gasteiger partial charge >= 0.3 is 5.69 Å². The summed E-state index contributed by atoms with van der Waals surface area (Å²) in [5.41, 5.74) is 0.636. The molecule has 0 saturated heterocycles. The molecule has 0 bridgehead atoms. The Hall–Kier alpha value is -2.08. The molecule has 22 heavy (non-hydrogen) atoms. The van der Waals surface area contributed by atoms with Gasteiger partial charge in [-0.05, 0) is 24.5 Å². The molecular formula is C15H17ClN4O2. The van der Waals surface area contributed by atoms with E-state index in [0.717, 1.165) is 30.7 Å². The molecule has 116 valence electrons. The van der Waals surface area contributed by atoms with Crippen molar-refractivity contribution in [3.05, 3.63) is 51.2 Å². The highest BCUT2D eigenvalue weighted by molar-refractivity contribution is 6.31. The third-order valence-electron chi connectivity index (χ3n) is 3.76. The number of fused-ring (bicyclic) bond motifs is 1. The lowest BCUT2D eigenvalue weighted by molar-refractivity contribution is -0.122. The summed E-state index contributed by atoms with van der Waals surface area (Å²) in [5.74, 6) is 0.521. The molecule has 0 spiro atoms. The Kier molecular flexibility index (Phi) is 4.29. The van der Waals surface area contributed by atoms with E-state index in [1.807, 2.05) is 18.2 Å². The number of hydrogen-bond donors (Lipinski definition) is 1. The molecule has 0 aliphatic carbocycles. The molecular weight excluding hydrogens is 304 g/mol. The van der Waals surface area contributed by atoms with Crippen LogP contribution in [0.3, 0.4) is 0 Å². The summed E-state index contributed by atoms with van der Waals surface area (Å²) >= 11 is 6.04. The Morgan fingerprint density at radius 2 is 2.14 bits per heavy atom. The maximum absolute atomic E-state index is 12.1. The first kappa shape index (κ1) is 14.8. The first-order valence-corrected chi connectivity index (χ1v) is 7.69. The number of carbonyl (C=O) groups excluding carboxylic acids is 1. The van der Waals surface area contributed by atoms with Crippen LogP contribution in [0.4, 0.5) is 0 Å². The molecule has 1 N–H and O–H groups in total. The number of rotatable bonds is 4. The van der Waals surface area contributed by atoms with Crippen LogP contribution >= 0.6 is 11.6 Å². The first-order valence-electron chi connectivity index (χ1n) is 7.32. The number of aromatic nitrogens is 3. The number of hydrogen-bond acceptors (Lipinski definition) is 3. The van der Waals surface area contributed by atoms with Crippen molar-refractivity contribution in [2.75, 3.05) is 0 Å². The zero-order chi connectivity index (χ0) is 15.5. The maximum Gasteiger partial charge on any atom is 0.346 e. The van der Waals surface area contributed by atoms with Crippen molar-refractivity contribution >= 4 is 17.5 Å². The van der Waals surface area contributed by atoms with Crippen LogP contribution in [0.25, 0.3) is 0 Å². The van der Waals surface area contributed by atoms with Crippen LogP contribution in [-0.2, 0) is 30.8 Å². The predicted octanol–water partition coefficient (Wildman–Crippen LogP) is 1.35. The van der Waals surface area contributed by atoms with Gasteiger partial charge in [0.25, 0.3) is 0 Å². The van der Waals surface area contributed by atoms with E-state index in [0.29, 0.717) is 18.1 Å². The normalized spacial score (nSPS) is 13.7. The number of aryl methyl sites for hydroxylation is 1. The molecule has 3 rings (SSSR count). The molecule has 0 unspecified atom stereocenters. The molecule has 0 fully saturated rings. The van der Waals surface area contributed by atoms with E-state index in [4.69, 9.17) is 11.6 Å². The van der Waals surface area contributed by atoms with Crippen molar-refractivity contribution in [3.8, 4) is 0 Å². The molecule has 2 heterocycles. The predicted molar refractivity (Wildman–Crippen MR) is 82.7 cm³/mol. The Morgan fingerprint density at radius 1 is 1.32 bits per heavy atom. The number of amides is 1. The maximum atomic E-state index is 12.1. The lowest BCUT2D eigenvalue weighted by Gasteiger charge is -2.09. The minimum atomic E-state index is -0.252. The topological polar surface area (TPSA) is 68.9 Å². The number of carbonyl (C=O) groups is 1. The summed E-state index contributed by atoms with van der Waals surface area (Å²) in [5, 5.41) is 7.62. The standard InChI is InChI=1S/C15H17ClN4O2/c16-12-6-2-1-5-11(12)9-17-14(21)10-20-15(22)19-8-4-3-7-13(19)18-20/h1-2,5-6H,3-4,7-10H2,(H,17,21).